The molecular weight excluding hydrogens is 304 g/mol. The Morgan fingerprint density at radius 2 is 1.88 bits per heavy atom. The molecule has 0 heterocycles. The molecule has 24 heavy (non-hydrogen) atoms. The van der Waals surface area contributed by atoms with Crippen LogP contribution in [-0.2, 0) is 14.3 Å². The molecule has 0 bridgehead atoms. The highest BCUT2D eigenvalue weighted by Crippen LogP contribution is 2.27. The molecule has 4 nitrogen and oxygen atoms in total. The van der Waals surface area contributed by atoms with Gasteiger partial charge in [-0.25, -0.2) is 0 Å². The molecule has 1 aliphatic carbocycles. The third-order valence-corrected chi connectivity index (χ3v) is 4.68. The molecule has 126 valence electrons. The van der Waals surface area contributed by atoms with Crippen LogP contribution in [0.2, 0.25) is 0 Å². The second-order valence-electron chi connectivity index (χ2n) is 6.33. The number of rotatable bonds is 4. The minimum atomic E-state index is -0.557. The summed E-state index contributed by atoms with van der Waals surface area (Å²) in [5, 5.41) is 2.10. The van der Waals surface area contributed by atoms with E-state index in [9.17, 15) is 9.59 Å². The summed E-state index contributed by atoms with van der Waals surface area (Å²) in [6.45, 7) is 1.82. The predicted molar refractivity (Wildman–Crippen MR) is 92.3 cm³/mol. The van der Waals surface area contributed by atoms with Gasteiger partial charge in [0.15, 0.2) is 11.9 Å². The molecule has 1 saturated carbocycles. The van der Waals surface area contributed by atoms with Gasteiger partial charge >= 0.3 is 5.97 Å². The molecular formula is C20H22O4. The van der Waals surface area contributed by atoms with Crippen molar-refractivity contribution in [3.63, 3.8) is 0 Å². The molecule has 2 aromatic carbocycles. The van der Waals surface area contributed by atoms with Crippen LogP contribution >= 0.6 is 0 Å². The zero-order valence-corrected chi connectivity index (χ0v) is 14.1. The van der Waals surface area contributed by atoms with Crippen LogP contribution in [0.1, 0.15) is 44.1 Å². The summed E-state index contributed by atoms with van der Waals surface area (Å²) in [5.41, 5.74) is 0.890. The smallest absolute Gasteiger partial charge is 0.313 e. The number of Topliss-reactive ketones (excluding diaryl/α,β-unsaturated/α-hetero) is 1. The topological polar surface area (TPSA) is 52.6 Å². The minimum Gasteiger partial charge on any atom is -0.497 e. The number of fused-ring (bicyclic) bond motifs is 1. The van der Waals surface area contributed by atoms with Gasteiger partial charge in [-0.05, 0) is 54.7 Å². The van der Waals surface area contributed by atoms with Crippen molar-refractivity contribution in [2.24, 2.45) is 0 Å². The Balaban J connectivity index is 1.76. The van der Waals surface area contributed by atoms with Crippen molar-refractivity contribution in [2.45, 2.75) is 44.6 Å². The van der Waals surface area contributed by atoms with E-state index in [-0.39, 0.29) is 11.8 Å². The Kier molecular flexibility index (Phi) is 4.84. The normalized spacial score (nSPS) is 19.1. The maximum absolute atomic E-state index is 12.4. The maximum Gasteiger partial charge on any atom is 0.313 e. The third-order valence-electron chi connectivity index (χ3n) is 4.68. The first-order valence-electron chi connectivity index (χ1n) is 8.39. The number of esters is 1. The molecule has 4 heteroatoms. The molecule has 0 aromatic heterocycles. The van der Waals surface area contributed by atoms with Crippen molar-refractivity contribution in [1.29, 1.82) is 0 Å². The average Bonchev–Trinajstić information content (AvgIpc) is 2.62. The number of benzene rings is 2. The van der Waals surface area contributed by atoms with Crippen molar-refractivity contribution < 1.29 is 19.1 Å². The highest BCUT2D eigenvalue weighted by molar-refractivity contribution is 5.89. The second kappa shape index (κ2) is 7.04. The Morgan fingerprint density at radius 1 is 1.12 bits per heavy atom. The molecule has 1 aliphatic rings. The first kappa shape index (κ1) is 16.5. The molecule has 0 saturated heterocycles. The lowest BCUT2D eigenvalue weighted by molar-refractivity contribution is -0.157. The van der Waals surface area contributed by atoms with Crippen molar-refractivity contribution >= 4 is 22.5 Å². The Morgan fingerprint density at radius 3 is 2.62 bits per heavy atom. The van der Waals surface area contributed by atoms with Gasteiger partial charge in [-0.15, -0.1) is 0 Å². The van der Waals surface area contributed by atoms with Gasteiger partial charge < -0.3 is 9.47 Å². The van der Waals surface area contributed by atoms with E-state index in [4.69, 9.17) is 9.47 Å². The molecule has 2 atom stereocenters. The predicted octanol–water partition coefficient (Wildman–Crippen LogP) is 4.01. The van der Waals surface area contributed by atoms with Crippen molar-refractivity contribution in [1.82, 2.24) is 0 Å². The van der Waals surface area contributed by atoms with E-state index in [1.807, 2.05) is 43.3 Å². The zero-order valence-electron chi connectivity index (χ0n) is 14.1. The van der Waals surface area contributed by atoms with Crippen LogP contribution in [0.5, 0.6) is 5.75 Å². The maximum atomic E-state index is 12.4. The number of hydrogen-bond acceptors (Lipinski definition) is 4. The van der Waals surface area contributed by atoms with E-state index in [1.54, 1.807) is 7.11 Å². The van der Waals surface area contributed by atoms with Gasteiger partial charge in [0.05, 0.1) is 13.0 Å². The first-order valence-corrected chi connectivity index (χ1v) is 8.39. The number of ether oxygens (including phenoxy) is 2. The van der Waals surface area contributed by atoms with Crippen LogP contribution in [0.15, 0.2) is 36.4 Å². The van der Waals surface area contributed by atoms with Crippen LogP contribution in [0.3, 0.4) is 0 Å². The van der Waals surface area contributed by atoms with Gasteiger partial charge in [0, 0.05) is 6.42 Å². The largest absolute Gasteiger partial charge is 0.497 e. The Bertz CT molecular complexity index is 765. The molecule has 0 unspecified atom stereocenters. The summed E-state index contributed by atoms with van der Waals surface area (Å²) >= 11 is 0. The summed E-state index contributed by atoms with van der Waals surface area (Å²) in [5.74, 6) is 0.125. The van der Waals surface area contributed by atoms with Crippen LogP contribution in [0, 0.1) is 0 Å². The lowest BCUT2D eigenvalue weighted by Crippen LogP contribution is -2.31. The molecule has 0 N–H and O–H groups in total. The van der Waals surface area contributed by atoms with Gasteiger partial charge in [0.1, 0.15) is 5.75 Å². The second-order valence-corrected chi connectivity index (χ2v) is 6.33. The van der Waals surface area contributed by atoms with Crippen LogP contribution in [-0.4, -0.2) is 25.0 Å². The Hall–Kier alpha value is -2.36. The molecule has 1 fully saturated rings. The Labute approximate surface area is 141 Å². The van der Waals surface area contributed by atoms with Crippen molar-refractivity contribution in [3.05, 3.63) is 42.0 Å². The fraction of sp³-hybridized carbons (Fsp3) is 0.400. The highest BCUT2D eigenvalue weighted by atomic mass is 16.5. The summed E-state index contributed by atoms with van der Waals surface area (Å²) < 4.78 is 10.7. The van der Waals surface area contributed by atoms with E-state index in [0.29, 0.717) is 12.8 Å². The van der Waals surface area contributed by atoms with Crippen LogP contribution in [0.4, 0.5) is 0 Å². The standard InChI is InChI=1S/C20H22O4/c1-13(20(22)24-19-6-4-3-5-18(19)21)14-7-8-16-12-17(23-2)10-9-15(16)11-14/h7-13,19H,3-6H2,1-2H3/t13-,19+/m0/s1. The number of methoxy groups -OCH3 is 1. The van der Waals surface area contributed by atoms with Gasteiger partial charge in [0.25, 0.3) is 0 Å². The summed E-state index contributed by atoms with van der Waals surface area (Å²) in [6.07, 6.45) is 2.45. The lowest BCUT2D eigenvalue weighted by atomic mass is 9.95. The zero-order chi connectivity index (χ0) is 17.1. The van der Waals surface area contributed by atoms with Crippen LogP contribution in [0.25, 0.3) is 10.8 Å². The minimum absolute atomic E-state index is 0.0485. The van der Waals surface area contributed by atoms with Crippen LogP contribution < -0.4 is 4.74 Å². The number of carbonyl (C=O) groups excluding carboxylic acids is 2. The fourth-order valence-electron chi connectivity index (χ4n) is 3.09. The third kappa shape index (κ3) is 3.42. The number of ketones is 1. The summed E-state index contributed by atoms with van der Waals surface area (Å²) in [6, 6.07) is 11.7. The van der Waals surface area contributed by atoms with E-state index >= 15 is 0 Å². The van der Waals surface area contributed by atoms with Crippen molar-refractivity contribution in [3.8, 4) is 5.75 Å². The van der Waals surface area contributed by atoms with E-state index < -0.39 is 12.0 Å². The molecule has 3 rings (SSSR count). The fourth-order valence-corrected chi connectivity index (χ4v) is 3.09. The summed E-state index contributed by atoms with van der Waals surface area (Å²) in [7, 11) is 1.64. The molecule has 2 aromatic rings. The SMILES string of the molecule is COc1ccc2cc([C@H](C)C(=O)O[C@@H]3CCCCC3=O)ccc2c1. The lowest BCUT2D eigenvalue weighted by Gasteiger charge is -2.22. The van der Waals surface area contributed by atoms with E-state index in [0.717, 1.165) is 34.9 Å². The number of carbonyl (C=O) groups is 2. The molecule has 0 spiro atoms. The molecule has 0 radical (unpaired) electrons. The van der Waals surface area contributed by atoms with Gasteiger partial charge in [0.2, 0.25) is 0 Å². The first-order chi connectivity index (χ1) is 11.6. The van der Waals surface area contributed by atoms with Gasteiger partial charge in [-0.2, -0.15) is 0 Å². The van der Waals surface area contributed by atoms with Gasteiger partial charge in [-0.3, -0.25) is 9.59 Å². The molecule has 0 amide bonds. The summed E-state index contributed by atoms with van der Waals surface area (Å²) in [4.78, 5) is 24.2. The number of hydrogen-bond donors (Lipinski definition) is 0. The monoisotopic (exact) mass is 326 g/mol. The molecule has 0 aliphatic heterocycles. The average molecular weight is 326 g/mol. The van der Waals surface area contributed by atoms with Crippen molar-refractivity contribution in [2.75, 3.05) is 7.11 Å². The van der Waals surface area contributed by atoms with E-state index in [2.05, 4.69) is 0 Å². The van der Waals surface area contributed by atoms with Gasteiger partial charge in [-0.1, -0.05) is 24.3 Å². The van der Waals surface area contributed by atoms with E-state index in [1.165, 1.54) is 0 Å². The quantitative estimate of drug-likeness (QED) is 0.797. The highest BCUT2D eigenvalue weighted by Gasteiger charge is 2.28.